The van der Waals surface area contributed by atoms with Crippen molar-refractivity contribution >= 4 is 38.9 Å². The van der Waals surface area contributed by atoms with Crippen LogP contribution in [0.5, 0.6) is 11.5 Å². The van der Waals surface area contributed by atoms with E-state index in [1.165, 1.54) is 28.4 Å². The van der Waals surface area contributed by atoms with E-state index < -0.39 is 10.0 Å². The number of sulfonamides is 1. The van der Waals surface area contributed by atoms with Gasteiger partial charge in [0.1, 0.15) is 12.4 Å². The van der Waals surface area contributed by atoms with Gasteiger partial charge >= 0.3 is 6.03 Å². The molecule has 2 heterocycles. The minimum atomic E-state index is -3.65. The van der Waals surface area contributed by atoms with E-state index >= 15 is 0 Å². The molecule has 4 rings (SSSR count). The van der Waals surface area contributed by atoms with Crippen LogP contribution in [0.4, 0.5) is 27.7 Å². The van der Waals surface area contributed by atoms with Gasteiger partial charge in [0.2, 0.25) is 10.0 Å². The Balaban J connectivity index is 1.59. The molecule has 0 bridgehead atoms. The highest BCUT2D eigenvalue weighted by molar-refractivity contribution is 7.89. The summed E-state index contributed by atoms with van der Waals surface area (Å²) in [6.45, 7) is 4.99. The number of anilines is 4. The van der Waals surface area contributed by atoms with Crippen LogP contribution in [0.15, 0.2) is 65.7 Å². The van der Waals surface area contributed by atoms with Gasteiger partial charge in [-0.2, -0.15) is 4.31 Å². The van der Waals surface area contributed by atoms with Gasteiger partial charge in [-0.25, -0.2) is 18.2 Å². The van der Waals surface area contributed by atoms with Gasteiger partial charge in [-0.15, -0.1) is 0 Å². The van der Waals surface area contributed by atoms with E-state index in [9.17, 15) is 13.2 Å². The molecule has 0 saturated carbocycles. The van der Waals surface area contributed by atoms with E-state index in [-0.39, 0.29) is 10.9 Å². The van der Waals surface area contributed by atoms with Gasteiger partial charge < -0.3 is 20.1 Å². The Kier molecular flexibility index (Phi) is 7.61. The zero-order valence-electron chi connectivity index (χ0n) is 20.4. The Morgan fingerprint density at radius 2 is 1.86 bits per heavy atom. The highest BCUT2D eigenvalue weighted by Crippen LogP contribution is 2.36. The molecule has 36 heavy (non-hydrogen) atoms. The second-order valence-electron chi connectivity index (χ2n) is 7.92. The number of nitrogens with zero attached hydrogens (tertiary/aromatic N) is 3. The van der Waals surface area contributed by atoms with Crippen molar-refractivity contribution in [1.29, 1.82) is 0 Å². The number of methoxy groups -OCH3 is 1. The summed E-state index contributed by atoms with van der Waals surface area (Å²) in [6.07, 6.45) is 1.56. The molecule has 2 amide bonds. The SMILES string of the molecule is CCN(CC)S(=O)(=O)c1ccc(OC)c(Nc2cnc3c(c2)OCCN3C(=O)Nc2ccccc2)c1. The lowest BCUT2D eigenvalue weighted by molar-refractivity contribution is 0.249. The van der Waals surface area contributed by atoms with Gasteiger partial charge in [-0.3, -0.25) is 4.90 Å². The molecule has 10 nitrogen and oxygen atoms in total. The summed E-state index contributed by atoms with van der Waals surface area (Å²) in [6, 6.07) is 15.2. The van der Waals surface area contributed by atoms with Crippen molar-refractivity contribution in [3.8, 4) is 11.5 Å². The number of ether oxygens (including phenoxy) is 2. The largest absolute Gasteiger partial charge is 0.495 e. The molecule has 2 aromatic carbocycles. The topological polar surface area (TPSA) is 113 Å². The molecule has 0 fully saturated rings. The van der Waals surface area contributed by atoms with E-state index in [1.807, 2.05) is 30.3 Å². The van der Waals surface area contributed by atoms with Crippen LogP contribution in [0.3, 0.4) is 0 Å². The number of amides is 2. The second kappa shape index (κ2) is 10.8. The lowest BCUT2D eigenvalue weighted by atomic mass is 10.2. The maximum Gasteiger partial charge on any atom is 0.327 e. The summed E-state index contributed by atoms with van der Waals surface area (Å²) < 4.78 is 38.6. The first-order valence-corrected chi connectivity index (χ1v) is 13.0. The fraction of sp³-hybridized carbons (Fsp3) is 0.280. The Morgan fingerprint density at radius 1 is 1.11 bits per heavy atom. The lowest BCUT2D eigenvalue weighted by Gasteiger charge is -2.28. The maximum atomic E-state index is 13.0. The molecule has 0 atom stereocenters. The van der Waals surface area contributed by atoms with E-state index in [0.29, 0.717) is 60.6 Å². The van der Waals surface area contributed by atoms with E-state index in [4.69, 9.17) is 9.47 Å². The molecule has 0 spiro atoms. The van der Waals surface area contributed by atoms with Crippen LogP contribution in [0.1, 0.15) is 13.8 Å². The van der Waals surface area contributed by atoms with Crippen LogP contribution >= 0.6 is 0 Å². The van der Waals surface area contributed by atoms with Gasteiger partial charge in [0, 0.05) is 24.8 Å². The number of carbonyl (C=O) groups excluding carboxylic acids is 1. The van der Waals surface area contributed by atoms with Crippen molar-refractivity contribution in [3.63, 3.8) is 0 Å². The predicted molar refractivity (Wildman–Crippen MR) is 139 cm³/mol. The summed E-state index contributed by atoms with van der Waals surface area (Å²) >= 11 is 0. The number of para-hydroxylation sites is 1. The van der Waals surface area contributed by atoms with Crippen molar-refractivity contribution in [3.05, 3.63) is 60.8 Å². The number of carbonyl (C=O) groups is 1. The van der Waals surface area contributed by atoms with Gasteiger partial charge in [0.05, 0.1) is 36.1 Å². The minimum absolute atomic E-state index is 0.153. The average Bonchev–Trinajstić information content (AvgIpc) is 2.89. The summed E-state index contributed by atoms with van der Waals surface area (Å²) in [5.41, 5.74) is 1.69. The summed E-state index contributed by atoms with van der Waals surface area (Å²) in [7, 11) is -2.14. The second-order valence-corrected chi connectivity index (χ2v) is 9.86. The van der Waals surface area contributed by atoms with E-state index in [1.54, 1.807) is 32.2 Å². The smallest absolute Gasteiger partial charge is 0.327 e. The Hall–Kier alpha value is -3.83. The van der Waals surface area contributed by atoms with Gasteiger partial charge in [0.15, 0.2) is 11.6 Å². The van der Waals surface area contributed by atoms with Gasteiger partial charge in [-0.05, 0) is 30.3 Å². The molecule has 1 aromatic heterocycles. The van der Waals surface area contributed by atoms with Crippen LogP contribution in [-0.4, -0.2) is 57.1 Å². The van der Waals surface area contributed by atoms with Crippen molar-refractivity contribution in [2.24, 2.45) is 0 Å². The molecule has 11 heteroatoms. The number of pyridine rings is 1. The molecule has 3 aromatic rings. The number of urea groups is 1. The number of aromatic nitrogens is 1. The first kappa shape index (κ1) is 25.3. The van der Waals surface area contributed by atoms with Crippen LogP contribution in [0.25, 0.3) is 0 Å². The number of hydrogen-bond acceptors (Lipinski definition) is 7. The van der Waals surface area contributed by atoms with Gasteiger partial charge in [0.25, 0.3) is 0 Å². The quantitative estimate of drug-likeness (QED) is 0.464. The zero-order chi connectivity index (χ0) is 25.7. The number of hydrogen-bond donors (Lipinski definition) is 2. The summed E-state index contributed by atoms with van der Waals surface area (Å²) in [5.74, 6) is 1.29. The van der Waals surface area contributed by atoms with Crippen LogP contribution in [0, 0.1) is 0 Å². The number of benzene rings is 2. The first-order valence-electron chi connectivity index (χ1n) is 11.6. The molecule has 0 aliphatic carbocycles. The Labute approximate surface area is 210 Å². The normalized spacial score (nSPS) is 13.1. The molecular weight excluding hydrogens is 482 g/mol. The Bertz CT molecular complexity index is 1330. The number of fused-ring (bicyclic) bond motifs is 1. The third-order valence-corrected chi connectivity index (χ3v) is 7.77. The van der Waals surface area contributed by atoms with Crippen LogP contribution < -0.4 is 25.0 Å². The minimum Gasteiger partial charge on any atom is -0.495 e. The molecule has 0 saturated heterocycles. The van der Waals surface area contributed by atoms with Crippen molar-refractivity contribution in [2.45, 2.75) is 18.7 Å². The highest BCUT2D eigenvalue weighted by Gasteiger charge is 2.26. The highest BCUT2D eigenvalue weighted by atomic mass is 32.2. The average molecular weight is 512 g/mol. The van der Waals surface area contributed by atoms with Gasteiger partial charge in [-0.1, -0.05) is 32.0 Å². The number of nitrogens with one attached hydrogen (secondary N) is 2. The molecule has 0 unspecified atom stereocenters. The number of rotatable bonds is 8. The summed E-state index contributed by atoms with van der Waals surface area (Å²) in [5, 5.41) is 6.03. The molecule has 0 radical (unpaired) electrons. The molecular formula is C25H29N5O5S. The molecule has 190 valence electrons. The first-order chi connectivity index (χ1) is 17.4. The monoisotopic (exact) mass is 511 g/mol. The van der Waals surface area contributed by atoms with Crippen molar-refractivity contribution in [2.75, 3.05) is 48.9 Å². The molecule has 1 aliphatic heterocycles. The third-order valence-electron chi connectivity index (χ3n) is 5.72. The van der Waals surface area contributed by atoms with Crippen molar-refractivity contribution in [1.82, 2.24) is 9.29 Å². The van der Waals surface area contributed by atoms with E-state index in [0.717, 1.165) is 0 Å². The fourth-order valence-corrected chi connectivity index (χ4v) is 5.38. The lowest BCUT2D eigenvalue weighted by Crippen LogP contribution is -2.41. The Morgan fingerprint density at radius 3 is 2.56 bits per heavy atom. The summed E-state index contributed by atoms with van der Waals surface area (Å²) in [4.78, 5) is 19.0. The molecule has 1 aliphatic rings. The van der Waals surface area contributed by atoms with E-state index in [2.05, 4.69) is 15.6 Å². The standard InChI is InChI=1S/C25H29N5O5S/c1-4-29(5-2)36(32,33)20-11-12-22(34-3)21(16-20)27-19-15-23-24(26-17-19)30(13-14-35-23)25(31)28-18-9-7-6-8-10-18/h6-12,15-17,27H,4-5,13-14H2,1-3H3,(H,28,31). The fourth-order valence-electron chi connectivity index (χ4n) is 3.89. The predicted octanol–water partition coefficient (Wildman–Crippen LogP) is 4.30. The van der Waals surface area contributed by atoms with Crippen LogP contribution in [0.2, 0.25) is 0 Å². The molecule has 2 N–H and O–H groups in total. The third kappa shape index (κ3) is 5.21. The van der Waals surface area contributed by atoms with Crippen LogP contribution in [-0.2, 0) is 10.0 Å². The zero-order valence-corrected chi connectivity index (χ0v) is 21.2. The van der Waals surface area contributed by atoms with Crippen molar-refractivity contribution < 1.29 is 22.7 Å². The maximum absolute atomic E-state index is 13.0.